The van der Waals surface area contributed by atoms with Gasteiger partial charge in [0, 0.05) is 18.8 Å². The molecular weight excluding hydrogens is 312 g/mol. The van der Waals surface area contributed by atoms with Gasteiger partial charge in [-0.1, -0.05) is 37.8 Å². The van der Waals surface area contributed by atoms with Gasteiger partial charge in [0.1, 0.15) is 11.6 Å². The van der Waals surface area contributed by atoms with Gasteiger partial charge in [0.15, 0.2) is 0 Å². The van der Waals surface area contributed by atoms with Crippen molar-refractivity contribution in [2.24, 2.45) is 0 Å². The zero-order chi connectivity index (χ0) is 17.3. The Labute approximate surface area is 150 Å². The van der Waals surface area contributed by atoms with Gasteiger partial charge in [-0.3, -0.25) is 0 Å². The van der Waals surface area contributed by atoms with E-state index in [0.717, 1.165) is 30.5 Å². The van der Waals surface area contributed by atoms with Crippen LogP contribution in [0, 0.1) is 0 Å². The van der Waals surface area contributed by atoms with Gasteiger partial charge in [-0.15, -0.1) is 0 Å². The third-order valence-electron chi connectivity index (χ3n) is 4.72. The Morgan fingerprint density at radius 1 is 1.04 bits per heavy atom. The Morgan fingerprint density at radius 3 is 2.52 bits per heavy atom. The molecule has 1 saturated carbocycles. The molecule has 5 heteroatoms. The molecule has 0 spiro atoms. The molecule has 25 heavy (non-hydrogen) atoms. The second kappa shape index (κ2) is 9.25. The average Bonchev–Trinajstić information content (AvgIpc) is 2.91. The maximum Gasteiger partial charge on any atom is 0.224 e. The van der Waals surface area contributed by atoms with Gasteiger partial charge in [0.2, 0.25) is 5.95 Å². The summed E-state index contributed by atoms with van der Waals surface area (Å²) in [4.78, 5) is 8.98. The molecule has 0 radical (unpaired) electrons. The predicted molar refractivity (Wildman–Crippen MR) is 102 cm³/mol. The third-order valence-corrected chi connectivity index (χ3v) is 4.72. The lowest BCUT2D eigenvalue weighted by atomic mass is 10.1. The van der Waals surface area contributed by atoms with Crippen molar-refractivity contribution < 1.29 is 4.74 Å². The largest absolute Gasteiger partial charge is 0.497 e. The van der Waals surface area contributed by atoms with Crippen LogP contribution in [-0.2, 0) is 6.42 Å². The molecule has 134 valence electrons. The standard InChI is InChI=1S/C20H28N4O/c1-25-18-10-8-16(9-11-18)12-14-21-19-13-15-22-20(24-19)23-17-6-4-2-3-5-7-17/h8-11,13,15,17H,2-7,12,14H2,1H3,(H2,21,22,23,24). The number of hydrogen-bond donors (Lipinski definition) is 2. The second-order valence-corrected chi connectivity index (χ2v) is 6.62. The number of ether oxygens (including phenoxy) is 1. The number of hydrogen-bond acceptors (Lipinski definition) is 5. The summed E-state index contributed by atoms with van der Waals surface area (Å²) < 4.78 is 5.19. The molecule has 5 nitrogen and oxygen atoms in total. The van der Waals surface area contributed by atoms with Crippen molar-refractivity contribution in [1.29, 1.82) is 0 Å². The number of methoxy groups -OCH3 is 1. The van der Waals surface area contributed by atoms with Crippen LogP contribution in [0.5, 0.6) is 5.75 Å². The maximum absolute atomic E-state index is 5.19. The number of nitrogens with one attached hydrogen (secondary N) is 2. The van der Waals surface area contributed by atoms with E-state index in [1.165, 1.54) is 44.1 Å². The molecular formula is C20H28N4O. The topological polar surface area (TPSA) is 59.1 Å². The Bertz CT molecular complexity index is 636. The first-order valence-electron chi connectivity index (χ1n) is 9.30. The maximum atomic E-state index is 5.19. The fourth-order valence-electron chi connectivity index (χ4n) is 3.26. The molecule has 0 amide bonds. The van der Waals surface area contributed by atoms with Gasteiger partial charge in [-0.25, -0.2) is 4.98 Å². The Kier molecular flexibility index (Phi) is 6.48. The number of anilines is 2. The molecule has 2 N–H and O–H groups in total. The van der Waals surface area contributed by atoms with Gasteiger partial charge < -0.3 is 15.4 Å². The van der Waals surface area contributed by atoms with Crippen molar-refractivity contribution in [3.8, 4) is 5.75 Å². The Morgan fingerprint density at radius 2 is 1.80 bits per heavy atom. The first-order chi connectivity index (χ1) is 12.3. The molecule has 1 aromatic carbocycles. The summed E-state index contributed by atoms with van der Waals surface area (Å²) in [7, 11) is 1.69. The van der Waals surface area contributed by atoms with Crippen molar-refractivity contribution >= 4 is 11.8 Å². The van der Waals surface area contributed by atoms with Gasteiger partial charge in [-0.05, 0) is 43.0 Å². The van der Waals surface area contributed by atoms with Crippen molar-refractivity contribution in [1.82, 2.24) is 9.97 Å². The number of rotatable bonds is 7. The molecule has 1 aliphatic carbocycles. The minimum absolute atomic E-state index is 0.511. The van der Waals surface area contributed by atoms with E-state index in [1.54, 1.807) is 7.11 Å². The van der Waals surface area contributed by atoms with E-state index in [1.807, 2.05) is 24.4 Å². The van der Waals surface area contributed by atoms with E-state index in [-0.39, 0.29) is 0 Å². The van der Waals surface area contributed by atoms with E-state index < -0.39 is 0 Å². The fraction of sp³-hybridized carbons (Fsp3) is 0.500. The summed E-state index contributed by atoms with van der Waals surface area (Å²) in [6.45, 7) is 0.839. The van der Waals surface area contributed by atoms with Crippen LogP contribution in [0.4, 0.5) is 11.8 Å². The lowest BCUT2D eigenvalue weighted by molar-refractivity contribution is 0.414. The highest BCUT2D eigenvalue weighted by Gasteiger charge is 2.13. The van der Waals surface area contributed by atoms with Crippen LogP contribution in [0.25, 0.3) is 0 Å². The lowest BCUT2D eigenvalue weighted by Gasteiger charge is -2.16. The summed E-state index contributed by atoms with van der Waals surface area (Å²) in [5.41, 5.74) is 1.28. The van der Waals surface area contributed by atoms with Crippen molar-refractivity contribution in [3.63, 3.8) is 0 Å². The zero-order valence-electron chi connectivity index (χ0n) is 15.0. The minimum Gasteiger partial charge on any atom is -0.497 e. The fourth-order valence-corrected chi connectivity index (χ4v) is 3.26. The molecule has 0 unspecified atom stereocenters. The molecule has 1 fully saturated rings. The normalized spacial score (nSPS) is 15.4. The molecule has 0 saturated heterocycles. The van der Waals surface area contributed by atoms with Crippen LogP contribution in [0.1, 0.15) is 44.1 Å². The summed E-state index contributed by atoms with van der Waals surface area (Å²) in [6, 6.07) is 10.6. The minimum atomic E-state index is 0.511. The number of nitrogens with zero attached hydrogens (tertiary/aromatic N) is 2. The highest BCUT2D eigenvalue weighted by molar-refractivity contribution is 5.40. The van der Waals surface area contributed by atoms with Crippen LogP contribution in [0.3, 0.4) is 0 Å². The highest BCUT2D eigenvalue weighted by Crippen LogP contribution is 2.20. The van der Waals surface area contributed by atoms with E-state index in [2.05, 4.69) is 32.7 Å². The number of aromatic nitrogens is 2. The van der Waals surface area contributed by atoms with Crippen LogP contribution in [0.2, 0.25) is 0 Å². The van der Waals surface area contributed by atoms with Gasteiger partial charge in [0.25, 0.3) is 0 Å². The SMILES string of the molecule is COc1ccc(CCNc2ccnc(NC3CCCCCC3)n2)cc1. The molecule has 1 aromatic heterocycles. The zero-order valence-corrected chi connectivity index (χ0v) is 15.0. The number of benzene rings is 1. The second-order valence-electron chi connectivity index (χ2n) is 6.62. The van der Waals surface area contributed by atoms with Crippen molar-refractivity contribution in [2.45, 2.75) is 51.0 Å². The Balaban J connectivity index is 1.48. The monoisotopic (exact) mass is 340 g/mol. The summed E-state index contributed by atoms with van der Waals surface area (Å²) in [5, 5.41) is 6.90. The average molecular weight is 340 g/mol. The first kappa shape index (κ1) is 17.5. The van der Waals surface area contributed by atoms with Gasteiger partial charge >= 0.3 is 0 Å². The smallest absolute Gasteiger partial charge is 0.224 e. The first-order valence-corrected chi connectivity index (χ1v) is 9.30. The molecule has 0 atom stereocenters. The molecule has 0 aliphatic heterocycles. The summed E-state index contributed by atoms with van der Waals surface area (Å²) in [5.74, 6) is 2.50. The predicted octanol–water partition coefficient (Wildman–Crippen LogP) is 4.27. The van der Waals surface area contributed by atoms with Crippen LogP contribution >= 0.6 is 0 Å². The molecule has 0 bridgehead atoms. The van der Waals surface area contributed by atoms with E-state index in [9.17, 15) is 0 Å². The van der Waals surface area contributed by atoms with E-state index >= 15 is 0 Å². The van der Waals surface area contributed by atoms with E-state index in [4.69, 9.17) is 4.74 Å². The van der Waals surface area contributed by atoms with Crippen LogP contribution in [0.15, 0.2) is 36.5 Å². The molecule has 1 aliphatic rings. The van der Waals surface area contributed by atoms with Crippen molar-refractivity contribution in [2.75, 3.05) is 24.3 Å². The van der Waals surface area contributed by atoms with E-state index in [0.29, 0.717) is 6.04 Å². The van der Waals surface area contributed by atoms with Gasteiger partial charge in [-0.2, -0.15) is 4.98 Å². The van der Waals surface area contributed by atoms with Crippen molar-refractivity contribution in [3.05, 3.63) is 42.1 Å². The third kappa shape index (κ3) is 5.62. The Hall–Kier alpha value is -2.30. The molecule has 3 rings (SSSR count). The highest BCUT2D eigenvalue weighted by atomic mass is 16.5. The molecule has 1 heterocycles. The summed E-state index contributed by atoms with van der Waals surface area (Å²) >= 11 is 0. The lowest BCUT2D eigenvalue weighted by Crippen LogP contribution is -2.20. The van der Waals surface area contributed by atoms with Crippen LogP contribution in [-0.4, -0.2) is 29.7 Å². The quantitative estimate of drug-likeness (QED) is 0.737. The van der Waals surface area contributed by atoms with Gasteiger partial charge in [0.05, 0.1) is 7.11 Å². The molecule has 2 aromatic rings. The summed E-state index contributed by atoms with van der Waals surface area (Å²) in [6.07, 6.45) is 10.5. The van der Waals surface area contributed by atoms with Crippen LogP contribution < -0.4 is 15.4 Å².